The van der Waals surface area contributed by atoms with E-state index in [1.54, 1.807) is 18.4 Å². The first-order valence-electron chi connectivity index (χ1n) is 6.60. The predicted molar refractivity (Wildman–Crippen MR) is 86.4 cm³/mol. The highest BCUT2D eigenvalue weighted by molar-refractivity contribution is 7.98. The van der Waals surface area contributed by atoms with Gasteiger partial charge in [-0.25, -0.2) is 4.98 Å². The zero-order valence-corrected chi connectivity index (χ0v) is 13.5. The molecule has 1 aromatic carbocycles. The summed E-state index contributed by atoms with van der Waals surface area (Å²) in [6.07, 6.45) is 1.97. The van der Waals surface area contributed by atoms with Crippen LogP contribution in [0.4, 0.5) is 0 Å². The first kappa shape index (κ1) is 15.5. The minimum atomic E-state index is 0.752. The number of benzene rings is 1. The molecule has 0 atom stereocenters. The number of hydrogen-bond acceptors (Lipinski definition) is 5. The van der Waals surface area contributed by atoms with Gasteiger partial charge in [0.15, 0.2) is 0 Å². The van der Waals surface area contributed by atoms with Gasteiger partial charge in [0, 0.05) is 41.9 Å². The van der Waals surface area contributed by atoms with E-state index < -0.39 is 0 Å². The number of rotatable bonds is 8. The topological polar surface area (TPSA) is 34.1 Å². The number of ether oxygens (including phenoxy) is 1. The second-order valence-electron chi connectivity index (χ2n) is 4.45. The minimum Gasteiger partial charge on any atom is -0.383 e. The summed E-state index contributed by atoms with van der Waals surface area (Å²) < 4.78 is 5.00. The van der Waals surface area contributed by atoms with Crippen LogP contribution in [0.25, 0.3) is 0 Å². The van der Waals surface area contributed by atoms with Crippen molar-refractivity contribution in [2.24, 2.45) is 0 Å². The molecule has 0 spiro atoms. The van der Waals surface area contributed by atoms with Crippen LogP contribution in [0.15, 0.2) is 35.4 Å². The number of aryl methyl sites for hydroxylation is 1. The Labute approximate surface area is 128 Å². The minimum absolute atomic E-state index is 0.752. The molecule has 1 heterocycles. The molecule has 0 aliphatic rings. The van der Waals surface area contributed by atoms with Gasteiger partial charge >= 0.3 is 0 Å². The Morgan fingerprint density at radius 1 is 1.30 bits per heavy atom. The van der Waals surface area contributed by atoms with Gasteiger partial charge in [0.05, 0.1) is 11.6 Å². The summed E-state index contributed by atoms with van der Waals surface area (Å²) >= 11 is 3.63. The van der Waals surface area contributed by atoms with Crippen molar-refractivity contribution in [3.63, 3.8) is 0 Å². The second kappa shape index (κ2) is 8.42. The maximum absolute atomic E-state index is 5.00. The summed E-state index contributed by atoms with van der Waals surface area (Å²) in [6, 6.07) is 8.73. The molecule has 0 amide bonds. The van der Waals surface area contributed by atoms with Crippen molar-refractivity contribution in [2.75, 3.05) is 20.3 Å². The van der Waals surface area contributed by atoms with Crippen molar-refractivity contribution < 1.29 is 4.74 Å². The molecule has 108 valence electrons. The predicted octanol–water partition coefficient (Wildman–Crippen LogP) is 3.48. The van der Waals surface area contributed by atoms with Gasteiger partial charge in [-0.1, -0.05) is 12.1 Å². The van der Waals surface area contributed by atoms with E-state index in [4.69, 9.17) is 4.74 Å². The molecule has 0 aliphatic heterocycles. The van der Waals surface area contributed by atoms with E-state index in [0.29, 0.717) is 0 Å². The van der Waals surface area contributed by atoms with E-state index in [2.05, 4.69) is 34.6 Å². The Bertz CT molecular complexity index is 511. The molecule has 20 heavy (non-hydrogen) atoms. The standard InChI is InChI=1S/C15H20N2OS2/c1-12-17-10-15(20-12)11-19-14-5-3-13(4-6-14)9-16-7-8-18-2/h3-6,10,16H,7-9,11H2,1-2H3. The van der Waals surface area contributed by atoms with Crippen molar-refractivity contribution in [1.29, 1.82) is 0 Å². The highest BCUT2D eigenvalue weighted by Gasteiger charge is 2.00. The molecule has 0 saturated carbocycles. The molecule has 0 unspecified atom stereocenters. The van der Waals surface area contributed by atoms with Crippen LogP contribution in [0.5, 0.6) is 0 Å². The highest BCUT2D eigenvalue weighted by atomic mass is 32.2. The maximum Gasteiger partial charge on any atom is 0.0897 e. The number of thiazole rings is 1. The number of aromatic nitrogens is 1. The van der Waals surface area contributed by atoms with Crippen LogP contribution in [0, 0.1) is 6.92 Å². The van der Waals surface area contributed by atoms with Crippen LogP contribution in [0.3, 0.4) is 0 Å². The quantitative estimate of drug-likeness (QED) is 0.598. The Kier molecular flexibility index (Phi) is 6.53. The van der Waals surface area contributed by atoms with Crippen LogP contribution in [0.2, 0.25) is 0 Å². The van der Waals surface area contributed by atoms with E-state index in [1.807, 2.05) is 24.9 Å². The van der Waals surface area contributed by atoms with Gasteiger partial charge in [-0.05, 0) is 24.6 Å². The SMILES string of the molecule is COCCNCc1ccc(SCc2cnc(C)s2)cc1. The fourth-order valence-corrected chi connectivity index (χ4v) is 3.45. The molecule has 2 aromatic rings. The lowest BCUT2D eigenvalue weighted by Crippen LogP contribution is -2.18. The monoisotopic (exact) mass is 308 g/mol. The second-order valence-corrected chi connectivity index (χ2v) is 6.82. The first-order valence-corrected chi connectivity index (χ1v) is 8.41. The van der Waals surface area contributed by atoms with E-state index in [9.17, 15) is 0 Å². The third-order valence-corrected chi connectivity index (χ3v) is 4.94. The third kappa shape index (κ3) is 5.25. The zero-order valence-electron chi connectivity index (χ0n) is 11.9. The van der Waals surface area contributed by atoms with Crippen LogP contribution in [0.1, 0.15) is 15.4 Å². The third-order valence-electron chi connectivity index (χ3n) is 2.79. The van der Waals surface area contributed by atoms with E-state index >= 15 is 0 Å². The molecule has 2 rings (SSSR count). The lowest BCUT2D eigenvalue weighted by Gasteiger charge is -2.05. The number of nitrogens with one attached hydrogen (secondary N) is 1. The number of thioether (sulfide) groups is 1. The van der Waals surface area contributed by atoms with Crippen LogP contribution in [-0.2, 0) is 17.0 Å². The molecular weight excluding hydrogens is 288 g/mol. The molecule has 0 aliphatic carbocycles. The van der Waals surface area contributed by atoms with Crippen molar-refractivity contribution in [3.8, 4) is 0 Å². The number of hydrogen-bond donors (Lipinski definition) is 1. The summed E-state index contributed by atoms with van der Waals surface area (Å²) in [4.78, 5) is 6.91. The Morgan fingerprint density at radius 3 is 2.75 bits per heavy atom. The maximum atomic E-state index is 5.00. The summed E-state index contributed by atoms with van der Waals surface area (Å²) in [5, 5.41) is 4.48. The first-order chi connectivity index (χ1) is 9.78. The van der Waals surface area contributed by atoms with Gasteiger partial charge in [-0.15, -0.1) is 23.1 Å². The van der Waals surface area contributed by atoms with Crippen molar-refractivity contribution in [2.45, 2.75) is 24.1 Å². The molecule has 3 nitrogen and oxygen atoms in total. The summed E-state index contributed by atoms with van der Waals surface area (Å²) in [7, 11) is 1.72. The van der Waals surface area contributed by atoms with Crippen LogP contribution >= 0.6 is 23.1 Å². The Morgan fingerprint density at radius 2 is 2.10 bits per heavy atom. The molecular formula is C15H20N2OS2. The van der Waals surface area contributed by atoms with E-state index in [0.717, 1.165) is 30.5 Å². The Balaban J connectivity index is 1.76. The normalized spacial score (nSPS) is 10.9. The fraction of sp³-hybridized carbons (Fsp3) is 0.400. The molecule has 0 bridgehead atoms. The summed E-state index contributed by atoms with van der Waals surface area (Å²) in [6.45, 7) is 4.58. The molecule has 0 radical (unpaired) electrons. The molecule has 1 N–H and O–H groups in total. The van der Waals surface area contributed by atoms with Gasteiger partial charge in [-0.3, -0.25) is 0 Å². The van der Waals surface area contributed by atoms with Gasteiger partial charge in [0.25, 0.3) is 0 Å². The zero-order chi connectivity index (χ0) is 14.2. The largest absolute Gasteiger partial charge is 0.383 e. The molecule has 0 fully saturated rings. The van der Waals surface area contributed by atoms with Gasteiger partial charge in [-0.2, -0.15) is 0 Å². The molecule has 5 heteroatoms. The molecule has 1 aromatic heterocycles. The molecule has 0 saturated heterocycles. The lowest BCUT2D eigenvalue weighted by atomic mass is 10.2. The number of methoxy groups -OCH3 is 1. The van der Waals surface area contributed by atoms with Gasteiger partial charge in [0.1, 0.15) is 0 Å². The van der Waals surface area contributed by atoms with Crippen molar-refractivity contribution in [3.05, 3.63) is 45.9 Å². The highest BCUT2D eigenvalue weighted by Crippen LogP contribution is 2.25. The van der Waals surface area contributed by atoms with E-state index in [1.165, 1.54) is 15.3 Å². The van der Waals surface area contributed by atoms with Gasteiger partial charge in [0.2, 0.25) is 0 Å². The van der Waals surface area contributed by atoms with E-state index in [-0.39, 0.29) is 0 Å². The summed E-state index contributed by atoms with van der Waals surface area (Å²) in [5.74, 6) is 0.997. The number of nitrogens with zero attached hydrogens (tertiary/aromatic N) is 1. The van der Waals surface area contributed by atoms with Crippen LogP contribution < -0.4 is 5.32 Å². The summed E-state index contributed by atoms with van der Waals surface area (Å²) in [5.41, 5.74) is 1.30. The Hall–Kier alpha value is -0.880. The average Bonchev–Trinajstić information content (AvgIpc) is 2.88. The van der Waals surface area contributed by atoms with Gasteiger partial charge < -0.3 is 10.1 Å². The van der Waals surface area contributed by atoms with Crippen molar-refractivity contribution in [1.82, 2.24) is 10.3 Å². The fourth-order valence-electron chi connectivity index (χ4n) is 1.74. The van der Waals surface area contributed by atoms with Crippen molar-refractivity contribution >= 4 is 23.1 Å². The lowest BCUT2D eigenvalue weighted by molar-refractivity contribution is 0.199. The van der Waals surface area contributed by atoms with Crippen LogP contribution in [-0.4, -0.2) is 25.2 Å². The smallest absolute Gasteiger partial charge is 0.0897 e. The average molecular weight is 308 g/mol.